The zero-order valence-corrected chi connectivity index (χ0v) is 8.81. The predicted molar refractivity (Wildman–Crippen MR) is 34.1 cm³/mol. The maximum absolute atomic E-state index is 8.56. The summed E-state index contributed by atoms with van der Waals surface area (Å²) >= 11 is -3.00. The van der Waals surface area contributed by atoms with Crippen LogP contribution in [0, 0.1) is 0 Å². The van der Waals surface area contributed by atoms with Crippen molar-refractivity contribution in [3.05, 3.63) is 0 Å². The molecular formula is CH2AuCl4O3. The van der Waals surface area contributed by atoms with Gasteiger partial charge in [-0.05, 0) is 0 Å². The van der Waals surface area contributed by atoms with Gasteiger partial charge in [-0.2, -0.15) is 0 Å². The first-order valence-electron chi connectivity index (χ1n) is 1.11. The SMILES string of the molecule is O=C(O)O.[Cl][Au]([Cl])([Cl])[Cl]. The van der Waals surface area contributed by atoms with Crippen LogP contribution in [0.25, 0.3) is 0 Å². The molecule has 0 aliphatic rings. The molecule has 9 heavy (non-hydrogen) atoms. The van der Waals surface area contributed by atoms with Crippen LogP contribution < -0.4 is 0 Å². The fraction of sp³-hybridized carbons (Fsp3) is 0. The minimum absolute atomic E-state index is 1.83. The van der Waals surface area contributed by atoms with E-state index in [2.05, 4.69) is 0 Å². The molecule has 3 nitrogen and oxygen atoms in total. The second kappa shape index (κ2) is 5.92. The Kier molecular flexibility index (Phi) is 8.43. The predicted octanol–water partition coefficient (Wildman–Crippen LogP) is 2.98. The molecule has 0 aromatic carbocycles. The summed E-state index contributed by atoms with van der Waals surface area (Å²) in [5.74, 6) is 0. The molecule has 0 rings (SSSR count). The van der Waals surface area contributed by atoms with Gasteiger partial charge in [0.2, 0.25) is 0 Å². The zero-order valence-electron chi connectivity index (χ0n) is 3.62. The van der Waals surface area contributed by atoms with Crippen LogP contribution in [-0.2, 0) is 12.8 Å². The van der Waals surface area contributed by atoms with E-state index in [0.29, 0.717) is 0 Å². The molecule has 0 spiro atoms. The normalized spacial score (nSPS) is 11.1. The zero-order chi connectivity index (χ0) is 8.08. The molecule has 0 aromatic heterocycles. The molecule has 0 aliphatic heterocycles. The summed E-state index contributed by atoms with van der Waals surface area (Å²) in [6.07, 6.45) is -1.83. The summed E-state index contributed by atoms with van der Waals surface area (Å²) in [4.78, 5) is 8.56. The van der Waals surface area contributed by atoms with Gasteiger partial charge in [0.05, 0.1) is 0 Å². The van der Waals surface area contributed by atoms with E-state index in [1.54, 1.807) is 0 Å². The van der Waals surface area contributed by atoms with E-state index >= 15 is 0 Å². The molecule has 0 heterocycles. The number of rotatable bonds is 0. The van der Waals surface area contributed by atoms with Crippen molar-refractivity contribution < 1.29 is 27.8 Å². The Bertz CT molecular complexity index is 78.3. The molecule has 0 fully saturated rings. The molecule has 0 aliphatic carbocycles. The Morgan fingerprint density at radius 3 is 1.11 bits per heavy atom. The third kappa shape index (κ3) is 344. The average Bonchev–Trinajstić information content (AvgIpc) is 1.19. The van der Waals surface area contributed by atoms with Gasteiger partial charge in [0.1, 0.15) is 0 Å². The fourth-order valence-corrected chi connectivity index (χ4v) is 0. The first kappa shape index (κ1) is 12.8. The molecule has 0 atom stereocenters. The third-order valence-electron chi connectivity index (χ3n) is 0. The third-order valence-corrected chi connectivity index (χ3v) is 0. The van der Waals surface area contributed by atoms with Gasteiger partial charge in [-0.15, -0.1) is 0 Å². The molecule has 0 bridgehead atoms. The van der Waals surface area contributed by atoms with Crippen LogP contribution in [-0.4, -0.2) is 16.4 Å². The van der Waals surface area contributed by atoms with Crippen molar-refractivity contribution in [1.29, 1.82) is 0 Å². The van der Waals surface area contributed by atoms with E-state index in [1.165, 1.54) is 0 Å². The van der Waals surface area contributed by atoms with Gasteiger partial charge in [0, 0.05) is 0 Å². The van der Waals surface area contributed by atoms with E-state index in [9.17, 15) is 0 Å². The summed E-state index contributed by atoms with van der Waals surface area (Å²) in [6, 6.07) is 0. The van der Waals surface area contributed by atoms with E-state index in [1.807, 2.05) is 0 Å². The van der Waals surface area contributed by atoms with Gasteiger partial charge < -0.3 is 10.2 Å². The Morgan fingerprint density at radius 1 is 1.11 bits per heavy atom. The summed E-state index contributed by atoms with van der Waals surface area (Å²) < 4.78 is 0. The topological polar surface area (TPSA) is 57.5 Å². The Morgan fingerprint density at radius 2 is 1.11 bits per heavy atom. The first-order chi connectivity index (χ1) is 3.73. The fourth-order valence-electron chi connectivity index (χ4n) is 0. The van der Waals surface area contributed by atoms with Crippen molar-refractivity contribution in [2.24, 2.45) is 0 Å². The van der Waals surface area contributed by atoms with Gasteiger partial charge >= 0.3 is 55.7 Å². The van der Waals surface area contributed by atoms with Crippen LogP contribution in [0.5, 0.6) is 0 Å². The molecule has 63 valence electrons. The number of halogens is 4. The van der Waals surface area contributed by atoms with Crippen LogP contribution in [0.15, 0.2) is 0 Å². The van der Waals surface area contributed by atoms with Gasteiger partial charge in [-0.3, -0.25) is 0 Å². The molecule has 0 radical (unpaired) electrons. The van der Waals surface area contributed by atoms with Crippen LogP contribution in [0.1, 0.15) is 0 Å². The van der Waals surface area contributed by atoms with Gasteiger partial charge in [-0.1, -0.05) is 0 Å². The minimum atomic E-state index is -3.00. The Hall–Kier alpha value is 1.17. The number of hydrogen-bond acceptors (Lipinski definition) is 1. The molecule has 8 heteroatoms. The molecule has 0 amide bonds. The van der Waals surface area contributed by atoms with Crippen molar-refractivity contribution in [2.75, 3.05) is 0 Å². The van der Waals surface area contributed by atoms with Gasteiger partial charge in [-0.25, -0.2) is 4.79 Å². The van der Waals surface area contributed by atoms with Crippen molar-refractivity contribution >= 4 is 42.9 Å². The first-order valence-corrected chi connectivity index (χ1v) is 11.8. The second-order valence-corrected chi connectivity index (χ2v) is 19.3. The van der Waals surface area contributed by atoms with Crippen molar-refractivity contribution in [1.82, 2.24) is 0 Å². The van der Waals surface area contributed by atoms with E-state index in [-0.39, 0.29) is 0 Å². The second-order valence-electron chi connectivity index (χ2n) is 0.541. The number of hydrogen-bond donors (Lipinski definition) is 2. The van der Waals surface area contributed by atoms with Gasteiger partial charge in [0.15, 0.2) is 0 Å². The average molecular weight is 401 g/mol. The van der Waals surface area contributed by atoms with Crippen LogP contribution >= 0.6 is 36.8 Å². The molecular weight excluding hydrogens is 399 g/mol. The summed E-state index contributed by atoms with van der Waals surface area (Å²) in [7, 11) is 20.0. The van der Waals surface area contributed by atoms with Crippen LogP contribution in [0.4, 0.5) is 4.79 Å². The van der Waals surface area contributed by atoms with Gasteiger partial charge in [0.25, 0.3) is 0 Å². The molecule has 0 saturated heterocycles. The maximum atomic E-state index is 8.56. The van der Waals surface area contributed by atoms with E-state index in [4.69, 9.17) is 51.8 Å². The molecule has 0 unspecified atom stereocenters. The molecule has 2 N–H and O–H groups in total. The Labute approximate surface area is 70.3 Å². The summed E-state index contributed by atoms with van der Waals surface area (Å²) in [5, 5.41) is 13.9. The van der Waals surface area contributed by atoms with Crippen molar-refractivity contribution in [2.45, 2.75) is 0 Å². The van der Waals surface area contributed by atoms with Crippen molar-refractivity contribution in [3.8, 4) is 0 Å². The quantitative estimate of drug-likeness (QED) is 0.615. The molecule has 0 aromatic rings. The monoisotopic (exact) mass is 399 g/mol. The van der Waals surface area contributed by atoms with Crippen LogP contribution in [0.2, 0.25) is 0 Å². The van der Waals surface area contributed by atoms with E-state index in [0.717, 1.165) is 0 Å². The number of carbonyl (C=O) groups is 1. The van der Waals surface area contributed by atoms with E-state index < -0.39 is 19.0 Å². The van der Waals surface area contributed by atoms with Crippen LogP contribution in [0.3, 0.4) is 0 Å². The summed E-state index contributed by atoms with van der Waals surface area (Å²) in [5.41, 5.74) is 0. The standard InChI is InChI=1S/CH2O3.Au.4ClH/c2-1(3)4;;;;;/h(H2,2,3,4);;4*1H/q;+4;;;;/p-4. The summed E-state index contributed by atoms with van der Waals surface area (Å²) in [6.45, 7) is 0. The van der Waals surface area contributed by atoms with Crippen molar-refractivity contribution in [3.63, 3.8) is 0 Å². The molecule has 0 saturated carbocycles. The number of carboxylic acid groups (broad SMARTS) is 2. The Balaban J connectivity index is 0.